The Labute approximate surface area is 124 Å². The van der Waals surface area contributed by atoms with Gasteiger partial charge in [-0.25, -0.2) is 12.8 Å². The van der Waals surface area contributed by atoms with Gasteiger partial charge in [-0.1, -0.05) is 18.5 Å². The molecule has 21 heavy (non-hydrogen) atoms. The van der Waals surface area contributed by atoms with Gasteiger partial charge in [0.15, 0.2) is 5.82 Å². The molecule has 2 N–H and O–H groups in total. The van der Waals surface area contributed by atoms with Crippen LogP contribution in [-0.2, 0) is 10.0 Å². The number of halogens is 5. The number of anilines is 1. The summed E-state index contributed by atoms with van der Waals surface area (Å²) in [6.45, 7) is -0.621. The summed E-state index contributed by atoms with van der Waals surface area (Å²) in [6, 6.07) is 1.72. The van der Waals surface area contributed by atoms with Crippen molar-refractivity contribution in [1.29, 1.82) is 0 Å². The molecule has 0 radical (unpaired) electrons. The second-order valence-electron chi connectivity index (χ2n) is 4.27. The van der Waals surface area contributed by atoms with Crippen molar-refractivity contribution in [2.75, 3.05) is 18.8 Å². The molecule has 0 spiro atoms. The highest BCUT2D eigenvalue weighted by atomic mass is 35.5. The first kappa shape index (κ1) is 18.0. The average molecular weight is 349 g/mol. The Bertz CT molecular complexity index is 619. The number of nitrogens with zero attached hydrogens (tertiary/aromatic N) is 1. The highest BCUT2D eigenvalue weighted by Gasteiger charge is 2.38. The molecule has 0 unspecified atom stereocenters. The number of nitrogen functional groups attached to an aromatic ring is 1. The maximum Gasteiger partial charge on any atom is 0.402 e. The molecule has 0 fully saturated rings. The van der Waals surface area contributed by atoms with Gasteiger partial charge >= 0.3 is 6.18 Å². The lowest BCUT2D eigenvalue weighted by atomic mass is 10.3. The van der Waals surface area contributed by atoms with Crippen LogP contribution >= 0.6 is 11.6 Å². The van der Waals surface area contributed by atoms with Gasteiger partial charge in [0.25, 0.3) is 0 Å². The van der Waals surface area contributed by atoms with Crippen molar-refractivity contribution >= 4 is 27.3 Å². The zero-order valence-corrected chi connectivity index (χ0v) is 12.5. The topological polar surface area (TPSA) is 63.4 Å². The Hall–Kier alpha value is -1.06. The zero-order chi connectivity index (χ0) is 16.4. The number of nitrogens with two attached hydrogens (primary N) is 1. The average Bonchev–Trinajstić information content (AvgIpc) is 2.31. The van der Waals surface area contributed by atoms with Crippen LogP contribution in [-0.4, -0.2) is 32.0 Å². The van der Waals surface area contributed by atoms with E-state index < -0.39 is 45.0 Å². The monoisotopic (exact) mass is 348 g/mol. The smallest absolute Gasteiger partial charge is 0.399 e. The van der Waals surface area contributed by atoms with E-state index in [1.807, 2.05) is 0 Å². The molecule has 0 atom stereocenters. The number of hydrogen-bond donors (Lipinski definition) is 1. The largest absolute Gasteiger partial charge is 0.402 e. The molecule has 1 aromatic rings. The maximum absolute atomic E-state index is 13.8. The molecule has 0 aliphatic carbocycles. The first-order valence-electron chi connectivity index (χ1n) is 5.80. The zero-order valence-electron chi connectivity index (χ0n) is 10.9. The molecule has 0 aromatic heterocycles. The molecule has 0 amide bonds. The van der Waals surface area contributed by atoms with Crippen molar-refractivity contribution in [3.63, 3.8) is 0 Å². The molecular weight excluding hydrogens is 336 g/mol. The van der Waals surface area contributed by atoms with Crippen molar-refractivity contribution < 1.29 is 26.0 Å². The predicted molar refractivity (Wildman–Crippen MR) is 70.9 cm³/mol. The Morgan fingerprint density at radius 3 is 2.38 bits per heavy atom. The van der Waals surface area contributed by atoms with Gasteiger partial charge in [-0.2, -0.15) is 17.5 Å². The fourth-order valence-electron chi connectivity index (χ4n) is 1.64. The van der Waals surface area contributed by atoms with Gasteiger partial charge in [-0.05, 0) is 18.6 Å². The minimum Gasteiger partial charge on any atom is -0.399 e. The van der Waals surface area contributed by atoms with Crippen LogP contribution < -0.4 is 5.73 Å². The summed E-state index contributed by atoms with van der Waals surface area (Å²) >= 11 is 5.48. The molecular formula is C11H13ClF4N2O2S. The van der Waals surface area contributed by atoms with Crippen LogP contribution in [0.25, 0.3) is 0 Å². The second kappa shape index (κ2) is 6.37. The van der Waals surface area contributed by atoms with E-state index in [-0.39, 0.29) is 16.4 Å². The predicted octanol–water partition coefficient (Wildman–Crippen LogP) is 3.02. The van der Waals surface area contributed by atoms with Crippen LogP contribution in [0.1, 0.15) is 13.3 Å². The summed E-state index contributed by atoms with van der Waals surface area (Å²) in [5, 5.41) is -0.572. The van der Waals surface area contributed by atoms with Crippen molar-refractivity contribution in [2.24, 2.45) is 0 Å². The van der Waals surface area contributed by atoms with E-state index in [0.717, 1.165) is 12.1 Å². The summed E-state index contributed by atoms with van der Waals surface area (Å²) in [7, 11) is -4.70. The molecule has 0 saturated heterocycles. The van der Waals surface area contributed by atoms with E-state index in [2.05, 4.69) is 0 Å². The van der Waals surface area contributed by atoms with Crippen LogP contribution in [0.3, 0.4) is 0 Å². The molecule has 0 aliphatic rings. The number of hydrogen-bond acceptors (Lipinski definition) is 3. The summed E-state index contributed by atoms with van der Waals surface area (Å²) in [5.74, 6) is -1.32. The standard InChI is InChI=1S/C11H13ClF4N2O2S/c1-2-3-18(6-11(14,15)16)21(19,20)9-5-7(17)4-8(12)10(9)13/h4-5H,2-3,6,17H2,1H3. The Morgan fingerprint density at radius 2 is 1.90 bits per heavy atom. The maximum atomic E-state index is 13.8. The summed E-state index contributed by atoms with van der Waals surface area (Å²) in [4.78, 5) is -0.967. The quantitative estimate of drug-likeness (QED) is 0.657. The number of sulfonamides is 1. The fourth-order valence-corrected chi connectivity index (χ4v) is 3.57. The van der Waals surface area contributed by atoms with Crippen LogP contribution in [0, 0.1) is 5.82 Å². The lowest BCUT2D eigenvalue weighted by Crippen LogP contribution is -2.39. The van der Waals surface area contributed by atoms with Crippen LogP contribution in [0.15, 0.2) is 17.0 Å². The first-order valence-corrected chi connectivity index (χ1v) is 7.62. The number of rotatable bonds is 5. The van der Waals surface area contributed by atoms with E-state index in [1.54, 1.807) is 0 Å². The molecule has 0 saturated carbocycles. The van der Waals surface area contributed by atoms with E-state index in [1.165, 1.54) is 6.92 Å². The van der Waals surface area contributed by atoms with Gasteiger partial charge in [-0.3, -0.25) is 0 Å². The molecule has 10 heteroatoms. The SMILES string of the molecule is CCCN(CC(F)(F)F)S(=O)(=O)c1cc(N)cc(Cl)c1F. The Morgan fingerprint density at radius 1 is 1.33 bits per heavy atom. The third-order valence-corrected chi connectivity index (χ3v) is 4.58. The molecule has 4 nitrogen and oxygen atoms in total. The van der Waals surface area contributed by atoms with Gasteiger partial charge in [0, 0.05) is 12.2 Å². The van der Waals surface area contributed by atoms with Gasteiger partial charge < -0.3 is 5.73 Å². The lowest BCUT2D eigenvalue weighted by molar-refractivity contribution is -0.136. The number of benzene rings is 1. The van der Waals surface area contributed by atoms with Crippen molar-refractivity contribution in [1.82, 2.24) is 4.31 Å². The summed E-state index contributed by atoms with van der Waals surface area (Å²) in [5.41, 5.74) is 5.21. The van der Waals surface area contributed by atoms with E-state index in [4.69, 9.17) is 17.3 Å². The molecule has 0 heterocycles. The van der Waals surface area contributed by atoms with Gasteiger partial charge in [0.2, 0.25) is 10.0 Å². The van der Waals surface area contributed by atoms with Crippen molar-refractivity contribution in [3.8, 4) is 0 Å². The molecule has 1 aromatic carbocycles. The molecule has 0 bridgehead atoms. The highest BCUT2D eigenvalue weighted by molar-refractivity contribution is 7.89. The van der Waals surface area contributed by atoms with E-state index >= 15 is 0 Å². The van der Waals surface area contributed by atoms with E-state index in [9.17, 15) is 26.0 Å². The van der Waals surface area contributed by atoms with Gasteiger partial charge in [-0.15, -0.1) is 0 Å². The summed E-state index contributed by atoms with van der Waals surface area (Å²) in [6.07, 6.45) is -4.62. The van der Waals surface area contributed by atoms with E-state index in [0.29, 0.717) is 0 Å². The minimum atomic E-state index is -4.75. The summed E-state index contributed by atoms with van der Waals surface area (Å²) < 4.78 is 75.8. The molecule has 120 valence electrons. The van der Waals surface area contributed by atoms with Crippen molar-refractivity contribution in [2.45, 2.75) is 24.4 Å². The Balaban J connectivity index is 3.36. The van der Waals surface area contributed by atoms with Crippen LogP contribution in [0.4, 0.5) is 23.2 Å². The van der Waals surface area contributed by atoms with Crippen LogP contribution in [0.2, 0.25) is 5.02 Å². The van der Waals surface area contributed by atoms with Crippen LogP contribution in [0.5, 0.6) is 0 Å². The molecule has 0 aliphatic heterocycles. The third kappa shape index (κ3) is 4.45. The normalized spacial score (nSPS) is 12.9. The molecule has 1 rings (SSSR count). The first-order chi connectivity index (χ1) is 9.49. The van der Waals surface area contributed by atoms with Gasteiger partial charge in [0.05, 0.1) is 5.02 Å². The minimum absolute atomic E-state index is 0.132. The lowest BCUT2D eigenvalue weighted by Gasteiger charge is -2.23. The van der Waals surface area contributed by atoms with Gasteiger partial charge in [0.1, 0.15) is 11.4 Å². The Kier molecular flexibility index (Phi) is 5.46. The highest BCUT2D eigenvalue weighted by Crippen LogP contribution is 2.29. The van der Waals surface area contributed by atoms with Crippen molar-refractivity contribution in [3.05, 3.63) is 23.0 Å². The second-order valence-corrected chi connectivity index (χ2v) is 6.58. The number of alkyl halides is 3. The fraction of sp³-hybridized carbons (Fsp3) is 0.455. The third-order valence-electron chi connectivity index (χ3n) is 2.46.